The Morgan fingerprint density at radius 2 is 1.69 bits per heavy atom. The van der Waals surface area contributed by atoms with E-state index in [0.717, 1.165) is 59.2 Å². The van der Waals surface area contributed by atoms with Crippen molar-refractivity contribution in [2.24, 2.45) is 5.92 Å². The summed E-state index contributed by atoms with van der Waals surface area (Å²) in [5.74, 6) is 0.295. The number of carboxylic acid groups (broad SMARTS) is 1. The first kappa shape index (κ1) is 27.5. The Bertz CT molecular complexity index is 1160. The summed E-state index contributed by atoms with van der Waals surface area (Å²) in [6.07, 6.45) is 4.30. The Balaban J connectivity index is 0.000000202. The lowest BCUT2D eigenvalue weighted by Gasteiger charge is -2.40. The van der Waals surface area contributed by atoms with E-state index >= 15 is 0 Å². The van der Waals surface area contributed by atoms with E-state index in [1.807, 2.05) is 60.7 Å². The number of rotatable bonds is 7. The smallest absolute Gasteiger partial charge is 0.119 e. The number of fused-ring (bicyclic) bond motifs is 1. The summed E-state index contributed by atoms with van der Waals surface area (Å²) in [5, 5.41) is 24.0. The van der Waals surface area contributed by atoms with Crippen molar-refractivity contribution in [2.45, 2.75) is 44.1 Å². The molecule has 3 aromatic carbocycles. The highest BCUT2D eigenvalue weighted by Gasteiger charge is 2.41. The molecule has 194 valence electrons. The molecule has 0 aromatic heterocycles. The number of quaternary nitrogens is 1. The zero-order valence-electron chi connectivity index (χ0n) is 22.0. The minimum absolute atomic E-state index is 0.332. The molecule has 0 heterocycles. The standard InChI is InChI=1S/C16H25NO2.C14H14O3/c1-17(2)12-14-7-4-5-10-16(14,18)13-8-6-9-15(11-13)19-3;1-9(14(15)16)10-3-4-12-8-13(17-2)6-5-11(12)7-10/h6,8-9,11,14,18H,4-5,7,10,12H2,1-3H3;3-9H,1-2H3,(H,15,16). The van der Waals surface area contributed by atoms with Gasteiger partial charge in [-0.1, -0.05) is 56.2 Å². The molecule has 4 rings (SSSR count). The number of carbonyl (C=O) groups excluding carboxylic acids is 1. The van der Waals surface area contributed by atoms with Gasteiger partial charge < -0.3 is 29.4 Å². The number of hydrogen-bond donors (Lipinski definition) is 2. The van der Waals surface area contributed by atoms with Crippen molar-refractivity contribution >= 4 is 16.7 Å². The largest absolute Gasteiger partial charge is 0.550 e. The van der Waals surface area contributed by atoms with Gasteiger partial charge in [-0.25, -0.2) is 0 Å². The third kappa shape index (κ3) is 6.56. The molecule has 0 saturated heterocycles. The number of carbonyl (C=O) groups is 1. The normalized spacial score (nSPS) is 20.4. The number of aliphatic hydroxyl groups is 1. The molecule has 3 atom stereocenters. The topological polar surface area (TPSA) is 83.3 Å². The van der Waals surface area contributed by atoms with Gasteiger partial charge in [0.15, 0.2) is 0 Å². The van der Waals surface area contributed by atoms with Gasteiger partial charge in [-0.15, -0.1) is 0 Å². The Kier molecular flexibility index (Phi) is 9.35. The fourth-order valence-electron chi connectivity index (χ4n) is 5.04. The van der Waals surface area contributed by atoms with Gasteiger partial charge in [0, 0.05) is 17.8 Å². The molecule has 36 heavy (non-hydrogen) atoms. The van der Waals surface area contributed by atoms with Crippen molar-refractivity contribution in [2.75, 3.05) is 34.9 Å². The van der Waals surface area contributed by atoms with Crippen molar-refractivity contribution in [3.05, 3.63) is 71.8 Å². The van der Waals surface area contributed by atoms with Crippen LogP contribution in [-0.4, -0.2) is 45.9 Å². The number of carboxylic acids is 1. The van der Waals surface area contributed by atoms with Crippen LogP contribution in [-0.2, 0) is 10.4 Å². The predicted molar refractivity (Wildman–Crippen MR) is 140 cm³/mol. The van der Waals surface area contributed by atoms with Gasteiger partial charge in [0.05, 0.1) is 40.5 Å². The summed E-state index contributed by atoms with van der Waals surface area (Å²) in [4.78, 5) is 12.2. The lowest BCUT2D eigenvalue weighted by molar-refractivity contribution is -0.863. The molecule has 0 spiro atoms. The summed E-state index contributed by atoms with van der Waals surface area (Å²) in [5.41, 5.74) is 1.07. The second kappa shape index (κ2) is 12.2. The van der Waals surface area contributed by atoms with Crippen molar-refractivity contribution in [3.63, 3.8) is 0 Å². The lowest BCUT2D eigenvalue weighted by atomic mass is 9.71. The van der Waals surface area contributed by atoms with Crippen LogP contribution in [0.5, 0.6) is 11.5 Å². The lowest BCUT2D eigenvalue weighted by Crippen LogP contribution is -3.06. The van der Waals surface area contributed by atoms with Gasteiger partial charge in [0.2, 0.25) is 0 Å². The monoisotopic (exact) mass is 493 g/mol. The van der Waals surface area contributed by atoms with E-state index in [1.165, 1.54) is 11.3 Å². The number of ether oxygens (including phenoxy) is 2. The third-order valence-electron chi connectivity index (χ3n) is 7.19. The molecule has 1 fully saturated rings. The van der Waals surface area contributed by atoms with Crippen LogP contribution in [0.25, 0.3) is 10.8 Å². The number of aliphatic carboxylic acids is 1. The highest BCUT2D eigenvalue weighted by atomic mass is 16.5. The third-order valence-corrected chi connectivity index (χ3v) is 7.19. The first-order chi connectivity index (χ1) is 17.2. The van der Waals surface area contributed by atoms with E-state index in [1.54, 1.807) is 21.1 Å². The average molecular weight is 494 g/mol. The van der Waals surface area contributed by atoms with Crippen molar-refractivity contribution in [1.29, 1.82) is 0 Å². The molecule has 1 saturated carbocycles. The van der Waals surface area contributed by atoms with Gasteiger partial charge in [-0.3, -0.25) is 0 Å². The van der Waals surface area contributed by atoms with E-state index in [4.69, 9.17) is 9.47 Å². The molecule has 6 heteroatoms. The number of benzene rings is 3. The highest BCUT2D eigenvalue weighted by molar-refractivity contribution is 5.86. The van der Waals surface area contributed by atoms with Crippen LogP contribution in [0.3, 0.4) is 0 Å². The average Bonchev–Trinajstić information content (AvgIpc) is 2.89. The van der Waals surface area contributed by atoms with Crippen LogP contribution < -0.4 is 19.5 Å². The summed E-state index contributed by atoms with van der Waals surface area (Å²) in [6.45, 7) is 2.63. The summed E-state index contributed by atoms with van der Waals surface area (Å²) >= 11 is 0. The molecule has 0 amide bonds. The Labute approximate surface area is 214 Å². The molecule has 1 aliphatic carbocycles. The molecule has 0 aliphatic heterocycles. The van der Waals surface area contributed by atoms with Crippen molar-refractivity contribution < 1.29 is 29.4 Å². The number of nitrogens with one attached hydrogen (secondary N) is 1. The van der Waals surface area contributed by atoms with Gasteiger partial charge >= 0.3 is 0 Å². The molecule has 0 bridgehead atoms. The summed E-state index contributed by atoms with van der Waals surface area (Å²) < 4.78 is 10.4. The quantitative estimate of drug-likeness (QED) is 0.529. The SMILES string of the molecule is COc1ccc2cc(C(C)C(=O)[O-])ccc2c1.COc1cccc(C2(O)CCCCC2C[NH+](C)C)c1. The van der Waals surface area contributed by atoms with E-state index in [9.17, 15) is 15.0 Å². The first-order valence-corrected chi connectivity index (χ1v) is 12.6. The second-order valence-corrected chi connectivity index (χ2v) is 10.0. The number of hydrogen-bond acceptors (Lipinski definition) is 5. The highest BCUT2D eigenvalue weighted by Crippen LogP contribution is 2.41. The summed E-state index contributed by atoms with van der Waals surface area (Å²) in [7, 11) is 7.60. The fraction of sp³-hybridized carbons (Fsp3) is 0.433. The first-order valence-electron chi connectivity index (χ1n) is 12.6. The minimum Gasteiger partial charge on any atom is -0.550 e. The predicted octanol–water partition coefficient (Wildman–Crippen LogP) is 2.92. The molecule has 6 nitrogen and oxygen atoms in total. The Morgan fingerprint density at radius 3 is 2.36 bits per heavy atom. The van der Waals surface area contributed by atoms with Crippen LogP contribution in [0.1, 0.15) is 49.7 Å². The van der Waals surface area contributed by atoms with Gasteiger partial charge in [0.25, 0.3) is 0 Å². The molecule has 2 N–H and O–H groups in total. The maximum atomic E-state index is 11.2. The molecule has 3 unspecified atom stereocenters. The van der Waals surface area contributed by atoms with Crippen LogP contribution in [0.2, 0.25) is 0 Å². The van der Waals surface area contributed by atoms with Crippen molar-refractivity contribution in [3.8, 4) is 11.5 Å². The van der Waals surface area contributed by atoms with Crippen LogP contribution in [0, 0.1) is 5.92 Å². The zero-order valence-corrected chi connectivity index (χ0v) is 22.0. The minimum atomic E-state index is -1.06. The van der Waals surface area contributed by atoms with Crippen LogP contribution in [0.15, 0.2) is 60.7 Å². The maximum absolute atomic E-state index is 11.2. The summed E-state index contributed by atoms with van der Waals surface area (Å²) in [6, 6.07) is 19.2. The van der Waals surface area contributed by atoms with E-state index in [2.05, 4.69) is 14.1 Å². The van der Waals surface area contributed by atoms with E-state index in [0.29, 0.717) is 5.92 Å². The maximum Gasteiger partial charge on any atom is 0.119 e. The molecule has 1 aliphatic rings. The van der Waals surface area contributed by atoms with Gasteiger partial charge in [-0.05, 0) is 59.0 Å². The van der Waals surface area contributed by atoms with Gasteiger partial charge in [0.1, 0.15) is 11.5 Å². The molecular weight excluding hydrogens is 454 g/mol. The van der Waals surface area contributed by atoms with Crippen LogP contribution in [0.4, 0.5) is 0 Å². The van der Waals surface area contributed by atoms with Crippen molar-refractivity contribution in [1.82, 2.24) is 0 Å². The fourth-order valence-corrected chi connectivity index (χ4v) is 5.04. The molecular formula is C30H39NO5. The Hall–Kier alpha value is -3.09. The van der Waals surface area contributed by atoms with E-state index in [-0.39, 0.29) is 0 Å². The molecule has 0 radical (unpaired) electrons. The van der Waals surface area contributed by atoms with Crippen LogP contribution >= 0.6 is 0 Å². The second-order valence-electron chi connectivity index (χ2n) is 10.0. The number of methoxy groups -OCH3 is 2. The van der Waals surface area contributed by atoms with Gasteiger partial charge in [-0.2, -0.15) is 0 Å². The zero-order chi connectivity index (χ0) is 26.3. The Morgan fingerprint density at radius 1 is 1.03 bits per heavy atom. The van der Waals surface area contributed by atoms with E-state index < -0.39 is 17.5 Å². The molecule has 3 aromatic rings.